The van der Waals surface area contributed by atoms with Crippen LogP contribution in [0, 0.1) is 0 Å². The number of nitrogens with one attached hydrogen (secondary N) is 1. The number of aromatic nitrogens is 3. The van der Waals surface area contributed by atoms with E-state index >= 15 is 0 Å². The van der Waals surface area contributed by atoms with Crippen molar-refractivity contribution in [1.82, 2.24) is 18.8 Å². The lowest BCUT2D eigenvalue weighted by Crippen LogP contribution is -2.23. The SMILES string of the molecule is Cn1c(=O)oc2cc(S(=O)(=O)NCc3ccccc3-n3ccnc3)ccc21. The van der Waals surface area contributed by atoms with Gasteiger partial charge in [0.1, 0.15) is 0 Å². The molecule has 2 aromatic heterocycles. The number of fused-ring (bicyclic) bond motifs is 1. The number of oxazole rings is 1. The Morgan fingerprint density at radius 2 is 2.00 bits per heavy atom. The van der Waals surface area contributed by atoms with Gasteiger partial charge in [0, 0.05) is 32.1 Å². The highest BCUT2D eigenvalue weighted by Gasteiger charge is 2.17. The Balaban J connectivity index is 1.63. The van der Waals surface area contributed by atoms with Gasteiger partial charge in [-0.2, -0.15) is 0 Å². The highest BCUT2D eigenvalue weighted by molar-refractivity contribution is 7.89. The van der Waals surface area contributed by atoms with Gasteiger partial charge in [-0.15, -0.1) is 0 Å². The summed E-state index contributed by atoms with van der Waals surface area (Å²) in [6, 6.07) is 11.8. The maximum absolute atomic E-state index is 12.7. The molecule has 0 aliphatic heterocycles. The molecule has 8 nitrogen and oxygen atoms in total. The van der Waals surface area contributed by atoms with E-state index in [4.69, 9.17) is 4.42 Å². The van der Waals surface area contributed by atoms with Gasteiger partial charge in [-0.1, -0.05) is 18.2 Å². The van der Waals surface area contributed by atoms with E-state index in [-0.39, 0.29) is 17.0 Å². The zero-order chi connectivity index (χ0) is 19.0. The minimum absolute atomic E-state index is 0.0319. The molecule has 0 fully saturated rings. The van der Waals surface area contributed by atoms with Crippen LogP contribution < -0.4 is 10.5 Å². The fourth-order valence-electron chi connectivity index (χ4n) is 2.85. The summed E-state index contributed by atoms with van der Waals surface area (Å²) in [6.45, 7) is 0.105. The fourth-order valence-corrected chi connectivity index (χ4v) is 3.87. The van der Waals surface area contributed by atoms with Crippen LogP contribution in [0.5, 0.6) is 0 Å². The van der Waals surface area contributed by atoms with Crippen molar-refractivity contribution < 1.29 is 12.8 Å². The second-order valence-electron chi connectivity index (χ2n) is 5.98. The van der Waals surface area contributed by atoms with Crippen molar-refractivity contribution in [2.75, 3.05) is 0 Å². The summed E-state index contributed by atoms with van der Waals surface area (Å²) in [5.41, 5.74) is 2.39. The number of aryl methyl sites for hydroxylation is 1. The first-order valence-corrected chi connectivity index (χ1v) is 9.59. The third kappa shape index (κ3) is 3.18. The van der Waals surface area contributed by atoms with Gasteiger partial charge < -0.3 is 8.98 Å². The lowest BCUT2D eigenvalue weighted by Gasteiger charge is -2.11. The van der Waals surface area contributed by atoms with E-state index in [1.54, 1.807) is 31.8 Å². The van der Waals surface area contributed by atoms with Crippen LogP contribution in [0.1, 0.15) is 5.56 Å². The Bertz CT molecular complexity index is 1270. The van der Waals surface area contributed by atoms with Crippen LogP contribution in [0.3, 0.4) is 0 Å². The summed E-state index contributed by atoms with van der Waals surface area (Å²) in [6.07, 6.45) is 5.10. The fraction of sp³-hybridized carbons (Fsp3) is 0.111. The molecule has 0 atom stereocenters. The molecular formula is C18H16N4O4S. The van der Waals surface area contributed by atoms with Crippen molar-refractivity contribution in [1.29, 1.82) is 0 Å². The molecule has 9 heteroatoms. The number of hydrogen-bond acceptors (Lipinski definition) is 5. The van der Waals surface area contributed by atoms with Gasteiger partial charge in [0.15, 0.2) is 5.58 Å². The number of sulfonamides is 1. The highest BCUT2D eigenvalue weighted by atomic mass is 32.2. The number of benzene rings is 2. The average molecular weight is 384 g/mol. The normalized spacial score (nSPS) is 11.9. The molecule has 138 valence electrons. The Morgan fingerprint density at radius 1 is 1.19 bits per heavy atom. The zero-order valence-corrected chi connectivity index (χ0v) is 15.2. The van der Waals surface area contributed by atoms with Crippen molar-refractivity contribution >= 4 is 21.1 Å². The van der Waals surface area contributed by atoms with Gasteiger partial charge in [-0.25, -0.2) is 22.9 Å². The molecule has 4 aromatic rings. The summed E-state index contributed by atoms with van der Waals surface area (Å²) in [5, 5.41) is 0. The van der Waals surface area contributed by atoms with E-state index in [2.05, 4.69) is 9.71 Å². The third-order valence-electron chi connectivity index (χ3n) is 4.30. The maximum atomic E-state index is 12.7. The van der Waals surface area contributed by atoms with Gasteiger partial charge in [0.2, 0.25) is 10.0 Å². The van der Waals surface area contributed by atoms with Crippen LogP contribution in [0.25, 0.3) is 16.8 Å². The molecule has 0 amide bonds. The van der Waals surface area contributed by atoms with Gasteiger partial charge >= 0.3 is 5.76 Å². The van der Waals surface area contributed by atoms with Gasteiger partial charge in [-0.3, -0.25) is 4.57 Å². The molecular weight excluding hydrogens is 368 g/mol. The molecule has 0 saturated heterocycles. The van der Waals surface area contributed by atoms with Crippen LogP contribution in [-0.2, 0) is 23.6 Å². The summed E-state index contributed by atoms with van der Waals surface area (Å²) in [4.78, 5) is 15.6. The van der Waals surface area contributed by atoms with Crippen LogP contribution in [0.15, 0.2) is 75.3 Å². The van der Waals surface area contributed by atoms with E-state index < -0.39 is 15.8 Å². The zero-order valence-electron chi connectivity index (χ0n) is 14.4. The van der Waals surface area contributed by atoms with Gasteiger partial charge in [-0.05, 0) is 23.8 Å². The molecule has 0 saturated carbocycles. The monoisotopic (exact) mass is 384 g/mol. The van der Waals surface area contributed by atoms with Crippen molar-refractivity contribution in [3.63, 3.8) is 0 Å². The first-order chi connectivity index (χ1) is 13.0. The van der Waals surface area contributed by atoms with Gasteiger partial charge in [0.05, 0.1) is 22.4 Å². The van der Waals surface area contributed by atoms with Crippen LogP contribution in [-0.4, -0.2) is 22.5 Å². The number of rotatable bonds is 5. The summed E-state index contributed by atoms with van der Waals surface area (Å²) in [7, 11) is -2.22. The van der Waals surface area contributed by atoms with E-state index in [1.807, 2.05) is 28.8 Å². The van der Waals surface area contributed by atoms with Crippen molar-refractivity contribution in [2.45, 2.75) is 11.4 Å². The summed E-state index contributed by atoms with van der Waals surface area (Å²) in [5.74, 6) is -0.540. The van der Waals surface area contributed by atoms with E-state index in [0.29, 0.717) is 5.52 Å². The smallest absolute Gasteiger partial charge is 0.408 e. The molecule has 1 N–H and O–H groups in total. The molecule has 0 spiro atoms. The van der Waals surface area contributed by atoms with E-state index in [9.17, 15) is 13.2 Å². The predicted molar refractivity (Wildman–Crippen MR) is 99.0 cm³/mol. The third-order valence-corrected chi connectivity index (χ3v) is 5.70. The van der Waals surface area contributed by atoms with Gasteiger partial charge in [0.25, 0.3) is 0 Å². The maximum Gasteiger partial charge on any atom is 0.419 e. The number of imidazole rings is 1. The number of nitrogens with zero attached hydrogens (tertiary/aromatic N) is 3. The lowest BCUT2D eigenvalue weighted by atomic mass is 10.2. The first-order valence-electron chi connectivity index (χ1n) is 8.11. The molecule has 0 radical (unpaired) electrons. The van der Waals surface area contributed by atoms with Crippen molar-refractivity contribution in [3.8, 4) is 5.69 Å². The number of hydrogen-bond donors (Lipinski definition) is 1. The molecule has 27 heavy (non-hydrogen) atoms. The Hall–Kier alpha value is -3.17. The Labute approximate surface area is 154 Å². The highest BCUT2D eigenvalue weighted by Crippen LogP contribution is 2.19. The van der Waals surface area contributed by atoms with Crippen molar-refractivity contribution in [2.24, 2.45) is 7.05 Å². The van der Waals surface area contributed by atoms with Crippen LogP contribution in [0.4, 0.5) is 0 Å². The molecule has 4 rings (SSSR count). The quantitative estimate of drug-likeness (QED) is 0.566. The predicted octanol–water partition coefficient (Wildman–Crippen LogP) is 1.80. The second-order valence-corrected chi connectivity index (χ2v) is 7.75. The van der Waals surface area contributed by atoms with Crippen LogP contribution >= 0.6 is 0 Å². The van der Waals surface area contributed by atoms with E-state index in [1.165, 1.54) is 16.7 Å². The summed E-state index contributed by atoms with van der Waals surface area (Å²) >= 11 is 0. The second kappa shape index (κ2) is 6.53. The molecule has 2 aromatic carbocycles. The first kappa shape index (κ1) is 17.3. The molecule has 0 unspecified atom stereocenters. The minimum Gasteiger partial charge on any atom is -0.408 e. The Kier molecular flexibility index (Phi) is 4.17. The Morgan fingerprint density at radius 3 is 2.78 bits per heavy atom. The standard InChI is InChI=1S/C18H16N4O4S/c1-21-16-7-6-14(10-17(16)26-18(21)23)27(24,25)20-11-13-4-2-3-5-15(13)22-9-8-19-12-22/h2-10,12,20H,11H2,1H3. The summed E-state index contributed by atoms with van der Waals surface area (Å²) < 4.78 is 36.2. The molecule has 0 aliphatic rings. The molecule has 0 aliphatic carbocycles. The average Bonchev–Trinajstić information content (AvgIpc) is 3.29. The minimum atomic E-state index is -3.79. The van der Waals surface area contributed by atoms with E-state index in [0.717, 1.165) is 11.3 Å². The van der Waals surface area contributed by atoms with Crippen LogP contribution in [0.2, 0.25) is 0 Å². The molecule has 0 bridgehead atoms. The van der Waals surface area contributed by atoms with Crippen molar-refractivity contribution in [3.05, 3.63) is 77.3 Å². The largest absolute Gasteiger partial charge is 0.419 e. The lowest BCUT2D eigenvalue weighted by molar-refractivity contribution is 0.527. The number of para-hydroxylation sites is 1. The topological polar surface area (TPSA) is 99.1 Å². The molecule has 2 heterocycles.